The van der Waals surface area contributed by atoms with Crippen LogP contribution >= 0.6 is 0 Å². The Morgan fingerprint density at radius 3 is 2.12 bits per heavy atom. The van der Waals surface area contributed by atoms with E-state index in [9.17, 15) is 13.2 Å². The summed E-state index contributed by atoms with van der Waals surface area (Å²) in [5.74, 6) is 0.873. The molecule has 7 heteroatoms. The number of sulfonamides is 1. The summed E-state index contributed by atoms with van der Waals surface area (Å²) in [6, 6.07) is 12.9. The van der Waals surface area contributed by atoms with Gasteiger partial charge in [0.2, 0.25) is 10.0 Å². The molecule has 2 aromatic rings. The SMILES string of the molecule is CC(C)COc1ccc(NC(=O)c2ccc(S(=O)(=O)N(C)C)cc2)cc1. The van der Waals surface area contributed by atoms with E-state index < -0.39 is 10.0 Å². The minimum atomic E-state index is -3.51. The second-order valence-electron chi connectivity index (χ2n) is 6.50. The summed E-state index contributed by atoms with van der Waals surface area (Å²) in [6.45, 7) is 4.78. The number of nitrogens with zero attached hydrogens (tertiary/aromatic N) is 1. The van der Waals surface area contributed by atoms with Gasteiger partial charge in [-0.2, -0.15) is 0 Å². The molecule has 0 aliphatic rings. The van der Waals surface area contributed by atoms with Crippen molar-refractivity contribution in [3.05, 3.63) is 54.1 Å². The van der Waals surface area contributed by atoms with E-state index >= 15 is 0 Å². The van der Waals surface area contributed by atoms with Gasteiger partial charge in [0.15, 0.2) is 0 Å². The molecule has 0 heterocycles. The molecule has 0 aliphatic carbocycles. The van der Waals surface area contributed by atoms with Crippen molar-refractivity contribution in [1.82, 2.24) is 4.31 Å². The van der Waals surface area contributed by atoms with Crippen LogP contribution in [0.25, 0.3) is 0 Å². The fraction of sp³-hybridized carbons (Fsp3) is 0.316. The van der Waals surface area contributed by atoms with E-state index in [2.05, 4.69) is 19.2 Å². The molecule has 0 spiro atoms. The molecule has 6 nitrogen and oxygen atoms in total. The van der Waals surface area contributed by atoms with Crippen molar-refractivity contribution in [2.75, 3.05) is 26.0 Å². The van der Waals surface area contributed by atoms with Gasteiger partial charge in [-0.25, -0.2) is 12.7 Å². The Bertz CT molecular complexity index is 842. The number of amides is 1. The Labute approximate surface area is 154 Å². The highest BCUT2D eigenvalue weighted by Crippen LogP contribution is 2.18. The number of carbonyl (C=O) groups is 1. The minimum Gasteiger partial charge on any atom is -0.493 e. The van der Waals surface area contributed by atoms with E-state index in [0.29, 0.717) is 23.8 Å². The molecule has 0 saturated heterocycles. The van der Waals surface area contributed by atoms with Crippen LogP contribution in [0.3, 0.4) is 0 Å². The predicted molar refractivity (Wildman–Crippen MR) is 102 cm³/mol. The minimum absolute atomic E-state index is 0.144. The normalized spacial score (nSPS) is 11.6. The fourth-order valence-electron chi connectivity index (χ4n) is 2.09. The van der Waals surface area contributed by atoms with Gasteiger partial charge in [0.05, 0.1) is 11.5 Å². The molecular formula is C19H24N2O4S. The Kier molecular flexibility index (Phi) is 6.39. The maximum absolute atomic E-state index is 12.3. The quantitative estimate of drug-likeness (QED) is 0.805. The zero-order chi connectivity index (χ0) is 19.3. The topological polar surface area (TPSA) is 75.7 Å². The maximum atomic E-state index is 12.3. The second kappa shape index (κ2) is 8.33. The molecule has 0 saturated carbocycles. The van der Waals surface area contributed by atoms with Gasteiger partial charge >= 0.3 is 0 Å². The summed E-state index contributed by atoms with van der Waals surface area (Å²) in [5, 5.41) is 2.78. The second-order valence-corrected chi connectivity index (χ2v) is 8.65. The third kappa shape index (κ3) is 5.06. The number of anilines is 1. The summed E-state index contributed by atoms with van der Waals surface area (Å²) < 4.78 is 30.8. The monoisotopic (exact) mass is 376 g/mol. The molecule has 0 atom stereocenters. The van der Waals surface area contributed by atoms with Crippen LogP contribution < -0.4 is 10.1 Å². The lowest BCUT2D eigenvalue weighted by Gasteiger charge is -2.12. The van der Waals surface area contributed by atoms with Crippen LogP contribution in [0.15, 0.2) is 53.4 Å². The standard InChI is InChI=1S/C19H24N2O4S/c1-14(2)13-25-17-9-7-16(8-10-17)20-19(22)15-5-11-18(12-6-15)26(23,24)21(3)4/h5-12,14H,13H2,1-4H3,(H,20,22). The molecule has 0 fully saturated rings. The largest absolute Gasteiger partial charge is 0.493 e. The lowest BCUT2D eigenvalue weighted by Crippen LogP contribution is -2.22. The number of rotatable bonds is 7. The van der Waals surface area contributed by atoms with Gasteiger partial charge < -0.3 is 10.1 Å². The molecule has 1 N–H and O–H groups in total. The fourth-order valence-corrected chi connectivity index (χ4v) is 2.99. The van der Waals surface area contributed by atoms with Crippen LogP contribution in [0.2, 0.25) is 0 Å². The van der Waals surface area contributed by atoms with Crippen LogP contribution in [-0.4, -0.2) is 39.3 Å². The van der Waals surface area contributed by atoms with E-state index in [1.165, 1.54) is 38.4 Å². The highest BCUT2D eigenvalue weighted by molar-refractivity contribution is 7.89. The summed E-state index contributed by atoms with van der Waals surface area (Å²) in [6.07, 6.45) is 0. The van der Waals surface area contributed by atoms with Crippen molar-refractivity contribution >= 4 is 21.6 Å². The highest BCUT2D eigenvalue weighted by atomic mass is 32.2. The lowest BCUT2D eigenvalue weighted by atomic mass is 10.2. The summed E-state index contributed by atoms with van der Waals surface area (Å²) >= 11 is 0. The van der Waals surface area contributed by atoms with E-state index in [1.54, 1.807) is 24.3 Å². The highest BCUT2D eigenvalue weighted by Gasteiger charge is 2.17. The number of hydrogen-bond acceptors (Lipinski definition) is 4. The van der Waals surface area contributed by atoms with Crippen LogP contribution in [0.5, 0.6) is 5.75 Å². The summed E-state index contributed by atoms with van der Waals surface area (Å²) in [5.41, 5.74) is 1.01. The van der Waals surface area contributed by atoms with Gasteiger partial charge in [0, 0.05) is 25.3 Å². The average Bonchev–Trinajstić information content (AvgIpc) is 2.61. The van der Waals surface area contributed by atoms with E-state index in [-0.39, 0.29) is 10.8 Å². The molecule has 26 heavy (non-hydrogen) atoms. The Hall–Kier alpha value is -2.38. The molecule has 0 bridgehead atoms. The molecule has 0 radical (unpaired) electrons. The Balaban J connectivity index is 2.03. The zero-order valence-corrected chi connectivity index (χ0v) is 16.2. The van der Waals surface area contributed by atoms with Crippen molar-refractivity contribution in [3.8, 4) is 5.75 Å². The van der Waals surface area contributed by atoms with E-state index in [4.69, 9.17) is 4.74 Å². The van der Waals surface area contributed by atoms with Crippen LogP contribution in [0.4, 0.5) is 5.69 Å². The van der Waals surface area contributed by atoms with Crippen molar-refractivity contribution in [2.45, 2.75) is 18.7 Å². The number of hydrogen-bond donors (Lipinski definition) is 1. The number of nitrogens with one attached hydrogen (secondary N) is 1. The molecular weight excluding hydrogens is 352 g/mol. The number of ether oxygens (including phenoxy) is 1. The average molecular weight is 376 g/mol. The maximum Gasteiger partial charge on any atom is 0.255 e. The van der Waals surface area contributed by atoms with Crippen LogP contribution in [0.1, 0.15) is 24.2 Å². The Morgan fingerprint density at radius 2 is 1.62 bits per heavy atom. The first-order valence-electron chi connectivity index (χ1n) is 8.27. The van der Waals surface area contributed by atoms with E-state index in [1.807, 2.05) is 0 Å². The Morgan fingerprint density at radius 1 is 1.04 bits per heavy atom. The first-order valence-corrected chi connectivity index (χ1v) is 9.71. The van der Waals surface area contributed by atoms with Crippen LogP contribution in [-0.2, 0) is 10.0 Å². The predicted octanol–water partition coefficient (Wildman–Crippen LogP) is 3.22. The van der Waals surface area contributed by atoms with Gasteiger partial charge in [-0.15, -0.1) is 0 Å². The van der Waals surface area contributed by atoms with Crippen LogP contribution in [0, 0.1) is 5.92 Å². The number of carbonyl (C=O) groups excluding carboxylic acids is 1. The van der Waals surface area contributed by atoms with Gasteiger partial charge in [-0.3, -0.25) is 4.79 Å². The van der Waals surface area contributed by atoms with Gasteiger partial charge in [0.25, 0.3) is 5.91 Å². The summed E-state index contributed by atoms with van der Waals surface area (Å²) in [4.78, 5) is 12.5. The molecule has 140 valence electrons. The molecule has 1 amide bonds. The molecule has 2 rings (SSSR count). The third-order valence-electron chi connectivity index (χ3n) is 3.59. The zero-order valence-electron chi connectivity index (χ0n) is 15.4. The molecule has 0 aromatic heterocycles. The third-order valence-corrected chi connectivity index (χ3v) is 5.42. The first-order chi connectivity index (χ1) is 12.2. The van der Waals surface area contributed by atoms with Gasteiger partial charge in [0.1, 0.15) is 5.75 Å². The lowest BCUT2D eigenvalue weighted by molar-refractivity contribution is 0.102. The first kappa shape index (κ1) is 19.9. The van der Waals surface area contributed by atoms with Crippen molar-refractivity contribution in [1.29, 1.82) is 0 Å². The van der Waals surface area contributed by atoms with Crippen molar-refractivity contribution in [3.63, 3.8) is 0 Å². The summed E-state index contributed by atoms with van der Waals surface area (Å²) in [7, 11) is -0.581. The van der Waals surface area contributed by atoms with E-state index in [0.717, 1.165) is 10.1 Å². The van der Waals surface area contributed by atoms with Crippen molar-refractivity contribution in [2.24, 2.45) is 5.92 Å². The molecule has 2 aromatic carbocycles. The number of benzene rings is 2. The smallest absolute Gasteiger partial charge is 0.255 e. The molecule has 0 unspecified atom stereocenters. The van der Waals surface area contributed by atoms with Crippen molar-refractivity contribution < 1.29 is 17.9 Å². The van der Waals surface area contributed by atoms with Gasteiger partial charge in [-0.1, -0.05) is 13.8 Å². The van der Waals surface area contributed by atoms with Gasteiger partial charge in [-0.05, 0) is 54.4 Å². The molecule has 0 aliphatic heterocycles.